The first-order chi connectivity index (χ1) is 11.4. The zero-order chi connectivity index (χ0) is 17.3. The van der Waals surface area contributed by atoms with E-state index in [9.17, 15) is 9.90 Å². The summed E-state index contributed by atoms with van der Waals surface area (Å²) in [5.74, 6) is 0.174. The molecule has 0 fully saturated rings. The number of nitrogens with one attached hydrogen (secondary N) is 1. The number of benzene rings is 1. The Balaban J connectivity index is 1.75. The number of likely N-dealkylation sites (N-methyl/N-ethyl adjacent to an activating group) is 1. The highest BCUT2D eigenvalue weighted by Crippen LogP contribution is 2.26. The summed E-state index contributed by atoms with van der Waals surface area (Å²) in [4.78, 5) is 14.4. The molecule has 0 unspecified atom stereocenters. The van der Waals surface area contributed by atoms with Crippen LogP contribution in [0.3, 0.4) is 0 Å². The van der Waals surface area contributed by atoms with E-state index in [1.54, 1.807) is 34.7 Å². The van der Waals surface area contributed by atoms with Crippen molar-refractivity contribution in [2.24, 2.45) is 7.05 Å². The Kier molecular flexibility index (Phi) is 4.22. The third-order valence-corrected chi connectivity index (χ3v) is 3.73. The molecular weight excluding hydrogens is 308 g/mol. The van der Waals surface area contributed by atoms with Gasteiger partial charge < -0.3 is 15.3 Å². The Hall–Kier alpha value is -2.87. The number of phenolic OH excluding ortho intramolecular Hbond substituents is 1. The molecule has 24 heavy (non-hydrogen) atoms. The van der Waals surface area contributed by atoms with Crippen molar-refractivity contribution in [3.8, 4) is 5.75 Å². The minimum atomic E-state index is -0.325. The first-order valence-corrected chi connectivity index (χ1v) is 7.58. The van der Waals surface area contributed by atoms with E-state index in [1.165, 1.54) is 6.07 Å². The minimum absolute atomic E-state index is 0.0224. The maximum atomic E-state index is 12.4. The van der Waals surface area contributed by atoms with Gasteiger partial charge in [-0.2, -0.15) is 10.2 Å². The van der Waals surface area contributed by atoms with Crippen LogP contribution in [0, 0.1) is 0 Å². The van der Waals surface area contributed by atoms with Crippen LogP contribution in [-0.4, -0.2) is 56.1 Å². The summed E-state index contributed by atoms with van der Waals surface area (Å²) in [5, 5.41) is 21.9. The topological polar surface area (TPSA) is 88.2 Å². The Bertz CT molecular complexity index is 880. The predicted octanol–water partition coefficient (Wildman–Crippen LogP) is 1.29. The van der Waals surface area contributed by atoms with Gasteiger partial charge in [0, 0.05) is 36.8 Å². The zero-order valence-corrected chi connectivity index (χ0v) is 13.9. The number of hydrogen-bond acceptors (Lipinski definition) is 5. The summed E-state index contributed by atoms with van der Waals surface area (Å²) < 4.78 is 3.34. The number of aryl methyl sites for hydroxylation is 1. The van der Waals surface area contributed by atoms with Gasteiger partial charge in [0.25, 0.3) is 5.91 Å². The van der Waals surface area contributed by atoms with E-state index >= 15 is 0 Å². The fourth-order valence-corrected chi connectivity index (χ4v) is 2.47. The number of rotatable bonds is 5. The second kappa shape index (κ2) is 6.32. The smallest absolute Gasteiger partial charge is 0.257 e. The van der Waals surface area contributed by atoms with Gasteiger partial charge in [0.2, 0.25) is 0 Å². The monoisotopic (exact) mass is 328 g/mol. The number of phenols is 1. The first-order valence-electron chi connectivity index (χ1n) is 7.58. The molecule has 1 aromatic carbocycles. The fourth-order valence-electron chi connectivity index (χ4n) is 2.47. The molecule has 0 saturated heterocycles. The SMILES string of the molecule is CN(C)CCn1ccc(NC(=O)c2cc(O)c3c(cnn3C)c2)n1. The molecule has 8 nitrogen and oxygen atoms in total. The normalized spacial score (nSPS) is 11.3. The van der Waals surface area contributed by atoms with Gasteiger partial charge >= 0.3 is 0 Å². The van der Waals surface area contributed by atoms with Crippen LogP contribution in [0.5, 0.6) is 5.75 Å². The molecule has 0 aliphatic carbocycles. The molecule has 8 heteroatoms. The lowest BCUT2D eigenvalue weighted by molar-refractivity contribution is 0.102. The molecule has 2 N–H and O–H groups in total. The second-order valence-corrected chi connectivity index (χ2v) is 5.92. The van der Waals surface area contributed by atoms with Crippen molar-refractivity contribution in [2.45, 2.75) is 6.54 Å². The summed E-state index contributed by atoms with van der Waals surface area (Å²) in [6.45, 7) is 1.60. The van der Waals surface area contributed by atoms with Gasteiger partial charge in [-0.3, -0.25) is 14.2 Å². The molecule has 0 saturated carbocycles. The molecule has 126 valence electrons. The van der Waals surface area contributed by atoms with Crippen molar-refractivity contribution in [3.05, 3.63) is 36.2 Å². The van der Waals surface area contributed by atoms with Crippen LogP contribution in [0.15, 0.2) is 30.6 Å². The Labute approximate surface area is 139 Å². The Morgan fingerprint density at radius 2 is 2.17 bits per heavy atom. The highest BCUT2D eigenvalue weighted by Gasteiger charge is 2.13. The van der Waals surface area contributed by atoms with Crippen LogP contribution in [0.2, 0.25) is 0 Å². The lowest BCUT2D eigenvalue weighted by Crippen LogP contribution is -2.19. The fraction of sp³-hybridized carbons (Fsp3) is 0.312. The van der Waals surface area contributed by atoms with Gasteiger partial charge in [0.05, 0.1) is 12.7 Å². The molecule has 0 bridgehead atoms. The lowest BCUT2D eigenvalue weighted by Gasteiger charge is -2.08. The van der Waals surface area contributed by atoms with E-state index < -0.39 is 0 Å². The summed E-state index contributed by atoms with van der Waals surface area (Å²) >= 11 is 0. The van der Waals surface area contributed by atoms with Crippen LogP contribution in [0.1, 0.15) is 10.4 Å². The summed E-state index contributed by atoms with van der Waals surface area (Å²) in [6.07, 6.45) is 3.43. The number of carbonyl (C=O) groups excluding carboxylic acids is 1. The van der Waals surface area contributed by atoms with Gasteiger partial charge in [-0.15, -0.1) is 0 Å². The van der Waals surface area contributed by atoms with Crippen molar-refractivity contribution >= 4 is 22.6 Å². The molecule has 0 atom stereocenters. The quantitative estimate of drug-likeness (QED) is 0.737. The third-order valence-electron chi connectivity index (χ3n) is 3.73. The van der Waals surface area contributed by atoms with Crippen LogP contribution in [0.25, 0.3) is 10.9 Å². The highest BCUT2D eigenvalue weighted by atomic mass is 16.3. The van der Waals surface area contributed by atoms with Gasteiger partial charge in [0.15, 0.2) is 5.82 Å². The van der Waals surface area contributed by atoms with Crippen LogP contribution in [-0.2, 0) is 13.6 Å². The van der Waals surface area contributed by atoms with E-state index in [-0.39, 0.29) is 11.7 Å². The van der Waals surface area contributed by atoms with E-state index in [2.05, 4.69) is 20.4 Å². The van der Waals surface area contributed by atoms with Gasteiger partial charge in [-0.05, 0) is 26.2 Å². The molecule has 3 aromatic rings. The molecule has 0 aliphatic heterocycles. The predicted molar refractivity (Wildman–Crippen MR) is 91.1 cm³/mol. The standard InChI is InChI=1S/C16H20N6O2/c1-20(2)6-7-22-5-4-14(19-22)18-16(24)11-8-12-10-17-21(3)15(12)13(23)9-11/h4-5,8-10,23H,6-7H2,1-3H3,(H,18,19,24). The maximum Gasteiger partial charge on any atom is 0.257 e. The average Bonchev–Trinajstić information content (AvgIpc) is 3.12. The van der Waals surface area contributed by atoms with Crippen molar-refractivity contribution in [2.75, 3.05) is 26.0 Å². The first kappa shape index (κ1) is 16.0. The summed E-state index contributed by atoms with van der Waals surface area (Å²) in [7, 11) is 5.72. The number of aromatic nitrogens is 4. The van der Waals surface area contributed by atoms with Gasteiger partial charge in [0.1, 0.15) is 11.3 Å². The summed E-state index contributed by atoms with van der Waals surface area (Å²) in [5.41, 5.74) is 0.954. The van der Waals surface area contributed by atoms with Gasteiger partial charge in [-0.25, -0.2) is 0 Å². The van der Waals surface area contributed by atoms with Crippen LogP contribution >= 0.6 is 0 Å². The van der Waals surface area contributed by atoms with Crippen LogP contribution in [0.4, 0.5) is 5.82 Å². The van der Waals surface area contributed by atoms with Gasteiger partial charge in [-0.1, -0.05) is 0 Å². The molecule has 3 rings (SSSR count). The number of carbonyl (C=O) groups is 1. The van der Waals surface area contributed by atoms with Crippen LogP contribution < -0.4 is 5.32 Å². The second-order valence-electron chi connectivity index (χ2n) is 5.92. The molecule has 0 aliphatic rings. The van der Waals surface area contributed by atoms with Crippen molar-refractivity contribution < 1.29 is 9.90 Å². The lowest BCUT2D eigenvalue weighted by atomic mass is 10.1. The number of anilines is 1. The average molecular weight is 328 g/mol. The molecule has 2 heterocycles. The number of aromatic hydroxyl groups is 1. The molecule has 0 spiro atoms. The molecule has 0 radical (unpaired) electrons. The summed E-state index contributed by atoms with van der Waals surface area (Å²) in [6, 6.07) is 4.87. The Morgan fingerprint density at radius 1 is 1.38 bits per heavy atom. The number of fused-ring (bicyclic) bond motifs is 1. The van der Waals surface area contributed by atoms with E-state index in [1.807, 2.05) is 20.3 Å². The maximum absolute atomic E-state index is 12.4. The Morgan fingerprint density at radius 3 is 2.92 bits per heavy atom. The minimum Gasteiger partial charge on any atom is -0.506 e. The molecule has 1 amide bonds. The van der Waals surface area contributed by atoms with E-state index in [0.29, 0.717) is 22.3 Å². The zero-order valence-electron chi connectivity index (χ0n) is 13.9. The molecular formula is C16H20N6O2. The number of hydrogen-bond donors (Lipinski definition) is 2. The highest BCUT2D eigenvalue weighted by molar-refractivity contribution is 6.06. The van der Waals surface area contributed by atoms with Crippen molar-refractivity contribution in [1.29, 1.82) is 0 Å². The van der Waals surface area contributed by atoms with Crippen molar-refractivity contribution in [3.63, 3.8) is 0 Å². The number of amides is 1. The van der Waals surface area contributed by atoms with E-state index in [0.717, 1.165) is 13.1 Å². The largest absolute Gasteiger partial charge is 0.506 e. The number of nitrogens with zero attached hydrogens (tertiary/aromatic N) is 5. The molecule has 2 aromatic heterocycles. The van der Waals surface area contributed by atoms with E-state index in [4.69, 9.17) is 0 Å². The third kappa shape index (κ3) is 3.23. The van der Waals surface area contributed by atoms with Crippen molar-refractivity contribution in [1.82, 2.24) is 24.5 Å².